The van der Waals surface area contributed by atoms with Crippen LogP contribution in [0.3, 0.4) is 0 Å². The summed E-state index contributed by atoms with van der Waals surface area (Å²) in [6, 6.07) is 9.62. The fraction of sp³-hybridized carbons (Fsp3) is 0.348. The van der Waals surface area contributed by atoms with Gasteiger partial charge < -0.3 is 19.5 Å². The van der Waals surface area contributed by atoms with Crippen LogP contribution in [-0.4, -0.2) is 53.0 Å². The molecule has 1 aromatic heterocycles. The number of carbonyl (C=O) groups is 2. The number of pyridine rings is 1. The molecule has 1 saturated heterocycles. The molecule has 0 bridgehead atoms. The Morgan fingerprint density at radius 1 is 1.20 bits per heavy atom. The number of ketones is 1. The highest BCUT2D eigenvalue weighted by molar-refractivity contribution is 6.46. The van der Waals surface area contributed by atoms with E-state index in [1.807, 2.05) is 13.8 Å². The molecule has 158 valence electrons. The van der Waals surface area contributed by atoms with E-state index in [4.69, 9.17) is 9.47 Å². The lowest BCUT2D eigenvalue weighted by Crippen LogP contribution is -2.31. The molecule has 7 heteroatoms. The number of benzene rings is 1. The second kappa shape index (κ2) is 9.54. The van der Waals surface area contributed by atoms with Crippen LogP contribution in [0.2, 0.25) is 0 Å². The minimum atomic E-state index is -0.707. The predicted octanol–water partition coefficient (Wildman–Crippen LogP) is 3.33. The van der Waals surface area contributed by atoms with Crippen molar-refractivity contribution >= 4 is 17.4 Å². The van der Waals surface area contributed by atoms with Crippen LogP contribution in [0.15, 0.2) is 54.4 Å². The number of methoxy groups -OCH3 is 1. The summed E-state index contributed by atoms with van der Waals surface area (Å²) in [6.45, 7) is 4.63. The van der Waals surface area contributed by atoms with Gasteiger partial charge in [0, 0.05) is 38.2 Å². The molecular weight excluding hydrogens is 384 g/mol. The molecule has 3 rings (SSSR count). The van der Waals surface area contributed by atoms with Gasteiger partial charge in [-0.3, -0.25) is 14.6 Å². The molecule has 1 fully saturated rings. The summed E-state index contributed by atoms with van der Waals surface area (Å²) < 4.78 is 10.7. The first-order valence-corrected chi connectivity index (χ1v) is 9.88. The summed E-state index contributed by atoms with van der Waals surface area (Å²) in [6.07, 6.45) is 3.81. The molecule has 7 nitrogen and oxygen atoms in total. The van der Waals surface area contributed by atoms with Gasteiger partial charge in [-0.1, -0.05) is 6.07 Å². The molecule has 0 saturated carbocycles. The van der Waals surface area contributed by atoms with Crippen LogP contribution in [0.4, 0.5) is 0 Å². The van der Waals surface area contributed by atoms with Crippen molar-refractivity contribution in [3.8, 4) is 5.75 Å². The number of rotatable bonds is 8. The van der Waals surface area contributed by atoms with E-state index in [0.717, 1.165) is 0 Å². The molecule has 1 N–H and O–H groups in total. The number of likely N-dealkylation sites (tertiary alicyclic amines) is 1. The van der Waals surface area contributed by atoms with Gasteiger partial charge in [-0.05, 0) is 56.2 Å². The Labute approximate surface area is 175 Å². The Hall–Kier alpha value is -3.19. The highest BCUT2D eigenvalue weighted by atomic mass is 16.5. The number of Topliss-reactive ketones (excluding diaryl/α,β-unsaturated/α-hetero) is 1. The van der Waals surface area contributed by atoms with Crippen molar-refractivity contribution in [3.63, 3.8) is 0 Å². The van der Waals surface area contributed by atoms with Crippen molar-refractivity contribution in [2.45, 2.75) is 32.4 Å². The van der Waals surface area contributed by atoms with Gasteiger partial charge in [-0.25, -0.2) is 0 Å². The van der Waals surface area contributed by atoms with Gasteiger partial charge in [0.05, 0.1) is 17.7 Å². The quantitative estimate of drug-likeness (QED) is 0.311. The van der Waals surface area contributed by atoms with E-state index in [1.165, 1.54) is 4.90 Å². The Morgan fingerprint density at radius 3 is 2.53 bits per heavy atom. The third-order valence-corrected chi connectivity index (χ3v) is 4.79. The molecule has 0 unspecified atom stereocenters. The third-order valence-electron chi connectivity index (χ3n) is 4.79. The third kappa shape index (κ3) is 4.52. The molecule has 0 spiro atoms. The highest BCUT2D eigenvalue weighted by Gasteiger charge is 2.45. The van der Waals surface area contributed by atoms with Crippen LogP contribution in [0.5, 0.6) is 5.75 Å². The zero-order valence-electron chi connectivity index (χ0n) is 17.4. The van der Waals surface area contributed by atoms with Crippen LogP contribution in [0, 0.1) is 0 Å². The SMILES string of the molecule is COCCCN1C(=O)C(=O)C(=C(O)c2ccc(OC(C)C)cc2)[C@@H]1c1cccnc1. The van der Waals surface area contributed by atoms with Crippen molar-refractivity contribution in [3.05, 3.63) is 65.5 Å². The maximum absolute atomic E-state index is 12.9. The largest absolute Gasteiger partial charge is 0.507 e. The number of carbonyl (C=O) groups excluding carboxylic acids is 2. The molecule has 30 heavy (non-hydrogen) atoms. The molecular formula is C23H26N2O5. The number of hydrogen-bond donors (Lipinski definition) is 1. The number of nitrogens with zero attached hydrogens (tertiary/aromatic N) is 2. The standard InChI is InChI=1S/C23H26N2O5/c1-15(2)30-18-9-7-16(8-10-18)21(26)19-20(17-6-4-11-24-14-17)25(12-5-13-29-3)23(28)22(19)27/h4,6-11,14-15,20,26H,5,12-13H2,1-3H3/t20-/m0/s1. The van der Waals surface area contributed by atoms with Crippen LogP contribution >= 0.6 is 0 Å². The molecule has 1 atom stereocenters. The second-order valence-corrected chi connectivity index (χ2v) is 7.32. The number of aliphatic hydroxyl groups is 1. The predicted molar refractivity (Wildman–Crippen MR) is 112 cm³/mol. The Morgan fingerprint density at radius 2 is 1.93 bits per heavy atom. The Balaban J connectivity index is 2.02. The zero-order chi connectivity index (χ0) is 21.7. The smallest absolute Gasteiger partial charge is 0.295 e. The van der Waals surface area contributed by atoms with Gasteiger partial charge >= 0.3 is 0 Å². The first kappa shape index (κ1) is 21.5. The monoisotopic (exact) mass is 410 g/mol. The molecule has 1 aliphatic rings. The van der Waals surface area contributed by atoms with E-state index >= 15 is 0 Å². The van der Waals surface area contributed by atoms with Gasteiger partial charge in [-0.15, -0.1) is 0 Å². The molecule has 1 amide bonds. The summed E-state index contributed by atoms with van der Waals surface area (Å²) in [4.78, 5) is 31.2. The van der Waals surface area contributed by atoms with Crippen molar-refractivity contribution in [1.29, 1.82) is 0 Å². The topological polar surface area (TPSA) is 89.0 Å². The molecule has 0 radical (unpaired) electrons. The van der Waals surface area contributed by atoms with Crippen LogP contribution in [0.25, 0.3) is 5.76 Å². The first-order chi connectivity index (χ1) is 14.4. The second-order valence-electron chi connectivity index (χ2n) is 7.32. The average Bonchev–Trinajstić information content (AvgIpc) is 2.99. The normalized spacial score (nSPS) is 18.3. The minimum absolute atomic E-state index is 0.0208. The van der Waals surface area contributed by atoms with Gasteiger partial charge in [0.2, 0.25) is 0 Å². The molecule has 1 aromatic carbocycles. The summed E-state index contributed by atoms with van der Waals surface area (Å²) in [5.74, 6) is -0.902. The van der Waals surface area contributed by atoms with Crippen molar-refractivity contribution in [2.75, 3.05) is 20.3 Å². The Kier molecular flexibility index (Phi) is 6.84. The van der Waals surface area contributed by atoms with Gasteiger partial charge in [-0.2, -0.15) is 0 Å². The fourth-order valence-corrected chi connectivity index (χ4v) is 3.49. The summed E-state index contributed by atoms with van der Waals surface area (Å²) >= 11 is 0. The first-order valence-electron chi connectivity index (χ1n) is 9.88. The fourth-order valence-electron chi connectivity index (χ4n) is 3.49. The van der Waals surface area contributed by atoms with Crippen molar-refractivity contribution < 1.29 is 24.2 Å². The zero-order valence-corrected chi connectivity index (χ0v) is 17.4. The Bertz CT molecular complexity index is 922. The van der Waals surface area contributed by atoms with Gasteiger partial charge in [0.15, 0.2) is 0 Å². The lowest BCUT2D eigenvalue weighted by molar-refractivity contribution is -0.140. The van der Waals surface area contributed by atoms with Gasteiger partial charge in [0.1, 0.15) is 11.5 Å². The molecule has 2 heterocycles. The van der Waals surface area contributed by atoms with Crippen LogP contribution < -0.4 is 4.74 Å². The van der Waals surface area contributed by atoms with E-state index < -0.39 is 17.7 Å². The number of hydrogen-bond acceptors (Lipinski definition) is 6. The van der Waals surface area contributed by atoms with Crippen LogP contribution in [-0.2, 0) is 14.3 Å². The number of ether oxygens (including phenoxy) is 2. The van der Waals surface area contributed by atoms with Crippen LogP contribution in [0.1, 0.15) is 37.4 Å². The highest BCUT2D eigenvalue weighted by Crippen LogP contribution is 2.39. The molecule has 1 aliphatic heterocycles. The van der Waals surface area contributed by atoms with E-state index in [9.17, 15) is 14.7 Å². The molecule has 2 aromatic rings. The maximum Gasteiger partial charge on any atom is 0.295 e. The number of aliphatic hydroxyl groups excluding tert-OH is 1. The van der Waals surface area contributed by atoms with E-state index in [2.05, 4.69) is 4.98 Å². The van der Waals surface area contributed by atoms with Crippen molar-refractivity contribution in [1.82, 2.24) is 9.88 Å². The summed E-state index contributed by atoms with van der Waals surface area (Å²) in [5.41, 5.74) is 1.16. The molecule has 0 aliphatic carbocycles. The maximum atomic E-state index is 12.9. The minimum Gasteiger partial charge on any atom is -0.507 e. The van der Waals surface area contributed by atoms with Gasteiger partial charge in [0.25, 0.3) is 11.7 Å². The number of amides is 1. The lowest BCUT2D eigenvalue weighted by Gasteiger charge is -2.25. The summed E-state index contributed by atoms with van der Waals surface area (Å²) in [7, 11) is 1.58. The number of aromatic nitrogens is 1. The van der Waals surface area contributed by atoms with Crippen molar-refractivity contribution in [2.24, 2.45) is 0 Å². The van der Waals surface area contributed by atoms with E-state index in [-0.39, 0.29) is 17.4 Å². The average molecular weight is 410 g/mol. The van der Waals surface area contributed by atoms with E-state index in [1.54, 1.807) is 55.9 Å². The van der Waals surface area contributed by atoms with E-state index in [0.29, 0.717) is 36.4 Å². The summed E-state index contributed by atoms with van der Waals surface area (Å²) in [5, 5.41) is 11.0. The lowest BCUT2D eigenvalue weighted by atomic mass is 9.96.